The third-order valence-electron chi connectivity index (χ3n) is 10.5. The van der Waals surface area contributed by atoms with Gasteiger partial charge in [-0.1, -0.05) is 12.0 Å². The lowest BCUT2D eigenvalue weighted by Crippen LogP contribution is -2.61. The summed E-state index contributed by atoms with van der Waals surface area (Å²) in [5, 5.41) is 15.3. The molecule has 4 aliphatic heterocycles. The lowest BCUT2D eigenvalue weighted by molar-refractivity contribution is 0.107. The molecule has 4 atom stereocenters. The Morgan fingerprint density at radius 1 is 1.17 bits per heavy atom. The number of halogens is 3. The number of aromatic nitrogens is 3. The number of aromatic hydroxyl groups is 1. The van der Waals surface area contributed by atoms with Gasteiger partial charge in [-0.3, -0.25) is 9.88 Å². The number of phenolic OH excluding ortho intramolecular Hbond substituents is 1. The molecule has 2 bridgehead atoms. The lowest BCUT2D eigenvalue weighted by Gasteiger charge is -2.41. The summed E-state index contributed by atoms with van der Waals surface area (Å²) in [6.45, 7) is 3.05. The highest BCUT2D eigenvalue weighted by atomic mass is 19.1. The zero-order valence-electron chi connectivity index (χ0n) is 26.0. The van der Waals surface area contributed by atoms with Crippen molar-refractivity contribution in [2.24, 2.45) is 0 Å². The molecule has 4 saturated heterocycles. The van der Waals surface area contributed by atoms with E-state index in [2.05, 4.69) is 31.0 Å². The molecule has 0 aliphatic carbocycles. The van der Waals surface area contributed by atoms with Gasteiger partial charge in [0.1, 0.15) is 41.4 Å². The molecule has 47 heavy (non-hydrogen) atoms. The number of pyridine rings is 1. The number of nitrogens with zero attached hydrogens (tertiary/aromatic N) is 5. The van der Waals surface area contributed by atoms with E-state index in [1.165, 1.54) is 30.5 Å². The molecule has 2 N–H and O–H groups in total. The van der Waals surface area contributed by atoms with E-state index in [0.29, 0.717) is 49.3 Å². The number of piperazine rings is 1. The van der Waals surface area contributed by atoms with E-state index >= 15 is 4.39 Å². The number of terminal acetylenes is 1. The zero-order valence-corrected chi connectivity index (χ0v) is 26.0. The highest BCUT2D eigenvalue weighted by Gasteiger charge is 2.50. The van der Waals surface area contributed by atoms with E-state index in [1.807, 2.05) is 0 Å². The minimum absolute atomic E-state index is 0.0186. The number of hydrogen-bond donors (Lipinski definition) is 2. The van der Waals surface area contributed by atoms with Gasteiger partial charge in [0.05, 0.1) is 28.6 Å². The van der Waals surface area contributed by atoms with Crippen LogP contribution in [0.4, 0.5) is 19.0 Å². The topological polar surface area (TPSA) is 95.9 Å². The molecule has 244 valence electrons. The monoisotopic (exact) mass is 644 g/mol. The maximum atomic E-state index is 16.9. The van der Waals surface area contributed by atoms with Gasteiger partial charge < -0.3 is 24.8 Å². The van der Waals surface area contributed by atoms with E-state index in [0.717, 1.165) is 32.2 Å². The predicted molar refractivity (Wildman–Crippen MR) is 171 cm³/mol. The minimum Gasteiger partial charge on any atom is -0.508 e. The third kappa shape index (κ3) is 4.94. The summed E-state index contributed by atoms with van der Waals surface area (Å²) in [6, 6.07) is 5.62. The molecule has 0 radical (unpaired) electrons. The molecule has 6 heterocycles. The van der Waals surface area contributed by atoms with Crippen LogP contribution >= 0.6 is 0 Å². The van der Waals surface area contributed by atoms with Crippen LogP contribution in [0.1, 0.15) is 37.7 Å². The number of hydrogen-bond acceptors (Lipinski definition) is 9. The van der Waals surface area contributed by atoms with Crippen molar-refractivity contribution in [3.63, 3.8) is 0 Å². The van der Waals surface area contributed by atoms with Crippen molar-refractivity contribution < 1.29 is 27.8 Å². The number of rotatable bonds is 7. The average molecular weight is 645 g/mol. The SMILES string of the molecule is C#Cc1c(F)ccc2cc(O)cc(-c3ncc4c(N5C[C@@H]6CC[C@@](COC)(C5)N6)nc(OC[C@@]56CCCN5C[C@H](F)C6)nc4c3F)c12. The van der Waals surface area contributed by atoms with Gasteiger partial charge in [-0.25, -0.2) is 13.2 Å². The lowest BCUT2D eigenvalue weighted by atomic mass is 9.95. The quantitative estimate of drug-likeness (QED) is 0.277. The summed E-state index contributed by atoms with van der Waals surface area (Å²) in [4.78, 5) is 18.2. The van der Waals surface area contributed by atoms with Crippen molar-refractivity contribution >= 4 is 27.5 Å². The molecule has 0 unspecified atom stereocenters. The van der Waals surface area contributed by atoms with Crippen LogP contribution in [0.2, 0.25) is 0 Å². The normalized spacial score (nSPS) is 27.1. The number of ether oxygens (including phenoxy) is 2. The van der Waals surface area contributed by atoms with Crippen LogP contribution in [-0.2, 0) is 4.74 Å². The minimum atomic E-state index is -0.929. The second-order valence-corrected chi connectivity index (χ2v) is 13.5. The summed E-state index contributed by atoms with van der Waals surface area (Å²) in [5.74, 6) is 1.26. The van der Waals surface area contributed by atoms with Crippen LogP contribution in [0.25, 0.3) is 32.9 Å². The first-order valence-electron chi connectivity index (χ1n) is 16.0. The Hall–Kier alpha value is -4.18. The van der Waals surface area contributed by atoms with E-state index in [9.17, 15) is 13.9 Å². The molecule has 4 fully saturated rings. The van der Waals surface area contributed by atoms with E-state index in [-0.39, 0.29) is 57.7 Å². The molecular formula is C35H35F3N6O3. The van der Waals surface area contributed by atoms with Crippen molar-refractivity contribution in [2.75, 3.05) is 51.4 Å². The van der Waals surface area contributed by atoms with Crippen molar-refractivity contribution in [3.8, 4) is 35.4 Å². The molecule has 4 aliphatic rings. The number of phenols is 1. The molecule has 4 aromatic rings. The van der Waals surface area contributed by atoms with Crippen LogP contribution in [-0.4, -0.2) is 94.8 Å². The molecule has 2 aromatic carbocycles. The van der Waals surface area contributed by atoms with Crippen LogP contribution < -0.4 is 15.0 Å². The zero-order chi connectivity index (χ0) is 32.5. The van der Waals surface area contributed by atoms with Crippen LogP contribution in [0.15, 0.2) is 30.5 Å². The second kappa shape index (κ2) is 11.2. The van der Waals surface area contributed by atoms with Crippen LogP contribution in [0.3, 0.4) is 0 Å². The van der Waals surface area contributed by atoms with Crippen molar-refractivity contribution in [1.29, 1.82) is 0 Å². The van der Waals surface area contributed by atoms with Crippen LogP contribution in [0, 0.1) is 24.0 Å². The number of nitrogens with one attached hydrogen (secondary N) is 1. The summed E-state index contributed by atoms with van der Waals surface area (Å²) in [6.07, 6.45) is 10.3. The van der Waals surface area contributed by atoms with Gasteiger partial charge in [-0.2, -0.15) is 9.97 Å². The Kier molecular flexibility index (Phi) is 7.20. The van der Waals surface area contributed by atoms with E-state index < -0.39 is 23.3 Å². The molecular weight excluding hydrogens is 609 g/mol. The molecule has 0 spiro atoms. The maximum Gasteiger partial charge on any atom is 0.319 e. The molecule has 2 aromatic heterocycles. The number of methoxy groups -OCH3 is 1. The molecule has 9 nitrogen and oxygen atoms in total. The number of anilines is 1. The first-order chi connectivity index (χ1) is 22.7. The number of fused-ring (bicyclic) bond motifs is 5. The molecule has 8 rings (SSSR count). The summed E-state index contributed by atoms with van der Waals surface area (Å²) < 4.78 is 58.1. The highest BCUT2D eigenvalue weighted by Crippen LogP contribution is 2.42. The molecule has 0 amide bonds. The fraction of sp³-hybridized carbons (Fsp3) is 0.457. The summed E-state index contributed by atoms with van der Waals surface area (Å²) in [7, 11) is 1.68. The predicted octanol–water partition coefficient (Wildman–Crippen LogP) is 4.72. The first-order valence-corrected chi connectivity index (χ1v) is 16.0. The van der Waals surface area contributed by atoms with Crippen molar-refractivity contribution in [1.82, 2.24) is 25.2 Å². The molecule has 12 heteroatoms. The fourth-order valence-corrected chi connectivity index (χ4v) is 8.50. The maximum absolute atomic E-state index is 16.9. The van der Waals surface area contributed by atoms with E-state index in [4.69, 9.17) is 20.9 Å². The Labute approximate surface area is 270 Å². The Bertz CT molecular complexity index is 1950. The third-order valence-corrected chi connectivity index (χ3v) is 10.5. The van der Waals surface area contributed by atoms with Gasteiger partial charge in [0.2, 0.25) is 0 Å². The Balaban J connectivity index is 1.28. The Morgan fingerprint density at radius 3 is 2.87 bits per heavy atom. The Morgan fingerprint density at radius 2 is 2.04 bits per heavy atom. The van der Waals surface area contributed by atoms with Crippen molar-refractivity contribution in [3.05, 3.63) is 47.7 Å². The van der Waals surface area contributed by atoms with Crippen LogP contribution in [0.5, 0.6) is 11.8 Å². The molecule has 0 saturated carbocycles. The largest absolute Gasteiger partial charge is 0.508 e. The number of benzene rings is 2. The van der Waals surface area contributed by atoms with Gasteiger partial charge in [0, 0.05) is 56.4 Å². The van der Waals surface area contributed by atoms with E-state index in [1.54, 1.807) is 7.11 Å². The smallest absolute Gasteiger partial charge is 0.319 e. The summed E-state index contributed by atoms with van der Waals surface area (Å²) >= 11 is 0. The van der Waals surface area contributed by atoms with Gasteiger partial charge in [-0.15, -0.1) is 6.42 Å². The summed E-state index contributed by atoms with van der Waals surface area (Å²) in [5.41, 5.74) is -0.854. The van der Waals surface area contributed by atoms with Gasteiger partial charge in [0.25, 0.3) is 0 Å². The fourth-order valence-electron chi connectivity index (χ4n) is 8.50. The van der Waals surface area contributed by atoms with Crippen molar-refractivity contribution in [2.45, 2.75) is 55.4 Å². The standard InChI is InChI=1S/C35H35F3N6O3/c1-3-24-27(37)6-5-20-11-23(45)12-25(28(20)24)30-29(38)31-26(14-39-30)32(43-16-22-7-9-34(17-43,42-22)18-46-2)41-33(40-31)47-19-35-8-4-10-44(35)15-21(36)13-35/h1,5-6,11-12,14,21-22,42,45H,4,7-10,13,15-19H2,2H3/t21-,22+,34+,35+/m1/s1. The first kappa shape index (κ1) is 30.2. The number of alkyl halides is 1. The second-order valence-electron chi connectivity index (χ2n) is 13.5. The van der Waals surface area contributed by atoms with Gasteiger partial charge in [-0.05, 0) is 55.8 Å². The average Bonchev–Trinajstić information content (AvgIpc) is 3.68. The van der Waals surface area contributed by atoms with Gasteiger partial charge in [0.15, 0.2) is 5.82 Å². The highest BCUT2D eigenvalue weighted by molar-refractivity contribution is 6.03. The van der Waals surface area contributed by atoms with Gasteiger partial charge >= 0.3 is 6.01 Å².